The zero-order chi connectivity index (χ0) is 15.0. The van der Waals surface area contributed by atoms with E-state index in [9.17, 15) is 0 Å². The molecule has 0 amide bonds. The highest BCUT2D eigenvalue weighted by atomic mass is 35.5. The van der Waals surface area contributed by atoms with Gasteiger partial charge in [0, 0.05) is 11.8 Å². The van der Waals surface area contributed by atoms with Gasteiger partial charge >= 0.3 is 0 Å². The molecule has 1 aliphatic carbocycles. The second kappa shape index (κ2) is 6.20. The molecule has 0 radical (unpaired) electrons. The average Bonchev–Trinajstić information content (AvgIpc) is 2.82. The molecule has 1 nitrogen and oxygen atoms in total. The van der Waals surface area contributed by atoms with E-state index in [1.807, 2.05) is 0 Å². The van der Waals surface area contributed by atoms with Crippen molar-refractivity contribution < 1.29 is 4.74 Å². The number of hydrogen-bond donors (Lipinski definition) is 0. The number of benzene rings is 1. The van der Waals surface area contributed by atoms with Gasteiger partial charge in [-0.1, -0.05) is 31.5 Å². The van der Waals surface area contributed by atoms with Crippen molar-refractivity contribution in [1.29, 1.82) is 0 Å². The van der Waals surface area contributed by atoms with Gasteiger partial charge in [0.15, 0.2) is 0 Å². The molecule has 116 valence electrons. The van der Waals surface area contributed by atoms with Gasteiger partial charge in [0.05, 0.1) is 0 Å². The first-order valence-corrected chi connectivity index (χ1v) is 8.87. The molecule has 1 fully saturated rings. The topological polar surface area (TPSA) is 9.23 Å². The molecule has 0 spiro atoms. The summed E-state index contributed by atoms with van der Waals surface area (Å²) < 4.78 is 6.15. The minimum absolute atomic E-state index is 0.332. The average molecular weight is 307 g/mol. The summed E-state index contributed by atoms with van der Waals surface area (Å²) in [7, 11) is 0. The summed E-state index contributed by atoms with van der Waals surface area (Å²) in [6.07, 6.45) is 6.26. The Morgan fingerprint density at radius 3 is 2.86 bits per heavy atom. The molecule has 1 aromatic rings. The predicted octanol–water partition coefficient (Wildman–Crippen LogP) is 5.37. The van der Waals surface area contributed by atoms with E-state index in [2.05, 4.69) is 39.0 Å². The lowest BCUT2D eigenvalue weighted by molar-refractivity contribution is 0.145. The van der Waals surface area contributed by atoms with Crippen LogP contribution in [0.5, 0.6) is 5.75 Å². The van der Waals surface area contributed by atoms with E-state index in [0.717, 1.165) is 30.4 Å². The maximum Gasteiger partial charge on any atom is 0.123 e. The van der Waals surface area contributed by atoms with Crippen molar-refractivity contribution in [2.45, 2.75) is 64.4 Å². The van der Waals surface area contributed by atoms with Gasteiger partial charge in [0.1, 0.15) is 11.9 Å². The van der Waals surface area contributed by atoms with Crippen LogP contribution < -0.4 is 4.74 Å². The Balaban J connectivity index is 1.62. The fourth-order valence-corrected chi connectivity index (χ4v) is 4.36. The zero-order valence-electron chi connectivity index (χ0n) is 13.4. The van der Waals surface area contributed by atoms with Crippen LogP contribution in [0.1, 0.15) is 50.7 Å². The quantitative estimate of drug-likeness (QED) is 0.682. The number of alkyl halides is 1. The number of aryl methyl sites for hydroxylation is 1. The second-order valence-corrected chi connectivity index (χ2v) is 7.94. The first kappa shape index (κ1) is 15.2. The Hall–Kier alpha value is -0.690. The molecule has 21 heavy (non-hydrogen) atoms. The molecule has 2 aliphatic rings. The van der Waals surface area contributed by atoms with E-state index in [4.69, 9.17) is 16.3 Å². The number of ether oxygens (including phenoxy) is 1. The molecule has 0 bridgehead atoms. The standard InChI is InChI=1S/C19H27ClO/c1-12(2)14-5-6-18(20)15(9-14)10-17-11-16-8-13(3)4-7-19(16)21-17/h4,7-8,12,14-15,17-18H,5-6,9-11H2,1-3H3. The molecule has 0 N–H and O–H groups in total. The highest BCUT2D eigenvalue weighted by Crippen LogP contribution is 2.41. The Labute approximate surface area is 134 Å². The van der Waals surface area contributed by atoms with Crippen molar-refractivity contribution in [2.75, 3.05) is 0 Å². The van der Waals surface area contributed by atoms with E-state index >= 15 is 0 Å². The SMILES string of the molecule is Cc1ccc2c(c1)CC(CC1CC(C(C)C)CCC1Cl)O2. The molecular formula is C19H27ClO. The Morgan fingerprint density at radius 1 is 1.29 bits per heavy atom. The minimum Gasteiger partial charge on any atom is -0.490 e. The van der Waals surface area contributed by atoms with Gasteiger partial charge in [-0.15, -0.1) is 11.6 Å². The second-order valence-electron chi connectivity index (χ2n) is 7.38. The zero-order valence-corrected chi connectivity index (χ0v) is 14.2. The van der Waals surface area contributed by atoms with Crippen molar-refractivity contribution in [3.05, 3.63) is 29.3 Å². The van der Waals surface area contributed by atoms with Crippen LogP contribution in [0.25, 0.3) is 0 Å². The van der Waals surface area contributed by atoms with Crippen molar-refractivity contribution in [2.24, 2.45) is 17.8 Å². The fraction of sp³-hybridized carbons (Fsp3) is 0.684. The first-order valence-electron chi connectivity index (χ1n) is 8.43. The number of fused-ring (bicyclic) bond motifs is 1. The molecular weight excluding hydrogens is 280 g/mol. The smallest absolute Gasteiger partial charge is 0.123 e. The van der Waals surface area contributed by atoms with Crippen molar-refractivity contribution in [3.63, 3.8) is 0 Å². The highest BCUT2D eigenvalue weighted by molar-refractivity contribution is 6.20. The van der Waals surface area contributed by atoms with Crippen LogP contribution in [0.3, 0.4) is 0 Å². The predicted molar refractivity (Wildman–Crippen MR) is 89.2 cm³/mol. The van der Waals surface area contributed by atoms with Crippen LogP contribution in [0, 0.1) is 24.7 Å². The van der Waals surface area contributed by atoms with Crippen LogP contribution in [0.15, 0.2) is 18.2 Å². The van der Waals surface area contributed by atoms with E-state index in [0.29, 0.717) is 17.4 Å². The van der Waals surface area contributed by atoms with Gasteiger partial charge in [0.25, 0.3) is 0 Å². The minimum atomic E-state index is 0.332. The lowest BCUT2D eigenvalue weighted by Gasteiger charge is -2.36. The monoisotopic (exact) mass is 306 g/mol. The van der Waals surface area contributed by atoms with Gasteiger partial charge < -0.3 is 4.74 Å². The molecule has 1 aliphatic heterocycles. The van der Waals surface area contributed by atoms with Gasteiger partial charge in [-0.25, -0.2) is 0 Å². The third-order valence-electron chi connectivity index (χ3n) is 5.40. The number of rotatable bonds is 3. The summed E-state index contributed by atoms with van der Waals surface area (Å²) in [4.78, 5) is 0. The largest absolute Gasteiger partial charge is 0.490 e. The summed E-state index contributed by atoms with van der Waals surface area (Å²) in [6, 6.07) is 6.53. The molecule has 3 rings (SSSR count). The van der Waals surface area contributed by atoms with Crippen molar-refractivity contribution in [3.8, 4) is 5.75 Å². The summed E-state index contributed by atoms with van der Waals surface area (Å²) in [5.41, 5.74) is 2.70. The Morgan fingerprint density at radius 2 is 2.10 bits per heavy atom. The normalized spacial score (nSPS) is 32.0. The van der Waals surface area contributed by atoms with E-state index in [-0.39, 0.29) is 0 Å². The molecule has 1 saturated carbocycles. The molecule has 0 aromatic heterocycles. The molecule has 4 unspecified atom stereocenters. The van der Waals surface area contributed by atoms with Crippen LogP contribution in [-0.2, 0) is 6.42 Å². The third kappa shape index (κ3) is 3.39. The molecule has 4 atom stereocenters. The molecule has 1 aromatic carbocycles. The third-order valence-corrected chi connectivity index (χ3v) is 5.97. The summed E-state index contributed by atoms with van der Waals surface area (Å²) >= 11 is 6.61. The fourth-order valence-electron chi connectivity index (χ4n) is 4.03. The van der Waals surface area contributed by atoms with E-state index < -0.39 is 0 Å². The van der Waals surface area contributed by atoms with E-state index in [1.54, 1.807) is 0 Å². The Bertz CT molecular complexity index is 496. The van der Waals surface area contributed by atoms with Crippen LogP contribution in [0.2, 0.25) is 0 Å². The van der Waals surface area contributed by atoms with Crippen LogP contribution in [-0.4, -0.2) is 11.5 Å². The summed E-state index contributed by atoms with van der Waals surface area (Å²) in [5, 5.41) is 0.342. The maximum atomic E-state index is 6.61. The van der Waals surface area contributed by atoms with Gasteiger partial charge in [-0.2, -0.15) is 0 Å². The summed E-state index contributed by atoms with van der Waals surface area (Å²) in [6.45, 7) is 6.85. The molecule has 2 heteroatoms. The number of halogens is 1. The van der Waals surface area contributed by atoms with Gasteiger partial charge in [-0.3, -0.25) is 0 Å². The van der Waals surface area contributed by atoms with Crippen LogP contribution >= 0.6 is 11.6 Å². The highest BCUT2D eigenvalue weighted by Gasteiger charge is 2.34. The Kier molecular flexibility index (Phi) is 4.49. The molecule has 1 heterocycles. The maximum absolute atomic E-state index is 6.61. The molecule has 0 saturated heterocycles. The number of hydrogen-bond acceptors (Lipinski definition) is 1. The lowest BCUT2D eigenvalue weighted by Crippen LogP contribution is -2.31. The van der Waals surface area contributed by atoms with Crippen molar-refractivity contribution >= 4 is 11.6 Å². The summed E-state index contributed by atoms with van der Waals surface area (Å²) in [5.74, 6) is 3.33. The van der Waals surface area contributed by atoms with Crippen LogP contribution in [0.4, 0.5) is 0 Å². The lowest BCUT2D eigenvalue weighted by atomic mass is 9.74. The van der Waals surface area contributed by atoms with E-state index in [1.165, 1.54) is 30.4 Å². The van der Waals surface area contributed by atoms with Gasteiger partial charge in [0.2, 0.25) is 0 Å². The van der Waals surface area contributed by atoms with Crippen molar-refractivity contribution in [1.82, 2.24) is 0 Å². The first-order chi connectivity index (χ1) is 10.0. The van der Waals surface area contributed by atoms with Gasteiger partial charge in [-0.05, 0) is 62.0 Å².